The summed E-state index contributed by atoms with van der Waals surface area (Å²) >= 11 is 1.66. The van der Waals surface area contributed by atoms with Gasteiger partial charge in [-0.15, -0.1) is 11.3 Å². The molecule has 0 spiro atoms. The molecule has 1 amide bonds. The molecule has 0 aliphatic carbocycles. The highest BCUT2D eigenvalue weighted by molar-refractivity contribution is 7.10. The van der Waals surface area contributed by atoms with Crippen LogP contribution in [0.25, 0.3) is 0 Å². The lowest BCUT2D eigenvalue weighted by Crippen LogP contribution is -2.36. The van der Waals surface area contributed by atoms with Crippen molar-refractivity contribution in [2.45, 2.75) is 19.5 Å². The minimum atomic E-state index is 0.0318. The predicted molar refractivity (Wildman–Crippen MR) is 99.3 cm³/mol. The van der Waals surface area contributed by atoms with E-state index in [1.807, 2.05) is 60.6 Å². The molecular weight excluding hydrogens is 320 g/mol. The van der Waals surface area contributed by atoms with Crippen LogP contribution < -0.4 is 10.1 Å². The molecule has 1 atom stereocenters. The number of amides is 1. The average Bonchev–Trinajstić information content (AvgIpc) is 3.08. The lowest BCUT2D eigenvalue weighted by atomic mass is 10.2. The topological polar surface area (TPSA) is 41.6 Å². The summed E-state index contributed by atoms with van der Waals surface area (Å²) in [6, 6.07) is 12.0. The van der Waals surface area contributed by atoms with E-state index in [2.05, 4.69) is 11.9 Å². The van der Waals surface area contributed by atoms with E-state index in [9.17, 15) is 4.79 Å². The molecule has 0 aliphatic rings. The Labute approximate surface area is 147 Å². The average molecular weight is 344 g/mol. The van der Waals surface area contributed by atoms with Gasteiger partial charge in [-0.25, -0.2) is 0 Å². The van der Waals surface area contributed by atoms with Crippen LogP contribution in [0.15, 0.2) is 54.4 Å². The standard InChI is InChI=1S/C19H24N2O2S/c1-4-11-23-17-9-7-16(8-10-17)13-21(3)14-19(22)20-15(2)18-6-5-12-24-18/h4-10,12,15H,1,11,13-14H2,2-3H3,(H,20,22)/t15-/m0/s1. The minimum absolute atomic E-state index is 0.0318. The number of nitrogens with one attached hydrogen (secondary N) is 1. The van der Waals surface area contributed by atoms with Crippen LogP contribution in [0.4, 0.5) is 0 Å². The molecule has 1 aromatic carbocycles. The van der Waals surface area contributed by atoms with Gasteiger partial charge in [-0.1, -0.05) is 30.9 Å². The highest BCUT2D eigenvalue weighted by atomic mass is 32.1. The van der Waals surface area contributed by atoms with Gasteiger partial charge in [-0.3, -0.25) is 9.69 Å². The number of carbonyl (C=O) groups excluding carboxylic acids is 1. The molecule has 0 unspecified atom stereocenters. The first-order valence-corrected chi connectivity index (χ1v) is 8.80. The first-order valence-electron chi connectivity index (χ1n) is 7.92. The number of nitrogens with zero attached hydrogens (tertiary/aromatic N) is 1. The van der Waals surface area contributed by atoms with Crippen molar-refractivity contribution in [3.05, 3.63) is 64.9 Å². The number of thiophene rings is 1. The van der Waals surface area contributed by atoms with Crippen molar-refractivity contribution in [1.82, 2.24) is 10.2 Å². The number of likely N-dealkylation sites (N-methyl/N-ethyl adjacent to an activating group) is 1. The maximum atomic E-state index is 12.1. The number of benzene rings is 1. The largest absolute Gasteiger partial charge is 0.490 e. The third kappa shape index (κ3) is 5.83. The van der Waals surface area contributed by atoms with E-state index in [0.717, 1.165) is 11.3 Å². The normalized spacial score (nSPS) is 12.0. The summed E-state index contributed by atoms with van der Waals surface area (Å²) in [5.74, 6) is 0.855. The summed E-state index contributed by atoms with van der Waals surface area (Å²) in [6.45, 7) is 7.21. The fourth-order valence-corrected chi connectivity index (χ4v) is 3.09. The first kappa shape index (κ1) is 18.2. The summed E-state index contributed by atoms with van der Waals surface area (Å²) in [7, 11) is 1.94. The highest BCUT2D eigenvalue weighted by Crippen LogP contribution is 2.18. The van der Waals surface area contributed by atoms with Gasteiger partial charge < -0.3 is 10.1 Å². The molecule has 24 heavy (non-hydrogen) atoms. The summed E-state index contributed by atoms with van der Waals surface area (Å²) in [5.41, 5.74) is 1.14. The fourth-order valence-electron chi connectivity index (χ4n) is 2.35. The lowest BCUT2D eigenvalue weighted by Gasteiger charge is -2.18. The van der Waals surface area contributed by atoms with Gasteiger partial charge in [0.1, 0.15) is 12.4 Å². The molecule has 0 saturated heterocycles. The molecule has 1 heterocycles. The number of carbonyl (C=O) groups is 1. The summed E-state index contributed by atoms with van der Waals surface area (Å²) in [5, 5.41) is 5.05. The second-order valence-corrected chi connectivity index (χ2v) is 6.70. The van der Waals surface area contributed by atoms with Gasteiger partial charge >= 0.3 is 0 Å². The molecule has 0 saturated carbocycles. The Balaban J connectivity index is 1.78. The Morgan fingerprint density at radius 3 is 2.75 bits per heavy atom. The SMILES string of the molecule is C=CCOc1ccc(CN(C)CC(=O)N[C@@H](C)c2cccs2)cc1. The molecule has 128 valence electrons. The first-order chi connectivity index (χ1) is 11.6. The van der Waals surface area contributed by atoms with Gasteiger partial charge in [0.25, 0.3) is 0 Å². The third-order valence-electron chi connectivity index (χ3n) is 3.50. The molecule has 2 aromatic rings. The molecule has 5 heteroatoms. The van der Waals surface area contributed by atoms with E-state index in [-0.39, 0.29) is 11.9 Å². The molecule has 0 aliphatic heterocycles. The van der Waals surface area contributed by atoms with Crippen LogP contribution in [0.1, 0.15) is 23.4 Å². The van der Waals surface area contributed by atoms with E-state index in [4.69, 9.17) is 4.74 Å². The van der Waals surface area contributed by atoms with Gasteiger partial charge in [0.05, 0.1) is 12.6 Å². The van der Waals surface area contributed by atoms with E-state index in [1.165, 1.54) is 4.88 Å². The van der Waals surface area contributed by atoms with Crippen LogP contribution in [0.3, 0.4) is 0 Å². The molecule has 1 N–H and O–H groups in total. The van der Waals surface area contributed by atoms with Crippen molar-refractivity contribution in [2.75, 3.05) is 20.2 Å². The Kier molecular flexibility index (Phi) is 7.03. The smallest absolute Gasteiger partial charge is 0.234 e. The van der Waals surface area contributed by atoms with E-state index < -0.39 is 0 Å². The molecular formula is C19H24N2O2S. The van der Waals surface area contributed by atoms with Crippen molar-refractivity contribution < 1.29 is 9.53 Å². The van der Waals surface area contributed by atoms with Crippen LogP contribution in [0, 0.1) is 0 Å². The molecule has 0 radical (unpaired) electrons. The Morgan fingerprint density at radius 1 is 1.38 bits per heavy atom. The van der Waals surface area contributed by atoms with Gasteiger partial charge in [-0.2, -0.15) is 0 Å². The number of ether oxygens (including phenoxy) is 1. The van der Waals surface area contributed by atoms with Crippen LogP contribution in [0.5, 0.6) is 5.75 Å². The zero-order valence-electron chi connectivity index (χ0n) is 14.2. The predicted octanol–water partition coefficient (Wildman–Crippen LogP) is 3.62. The van der Waals surface area contributed by atoms with Crippen molar-refractivity contribution in [2.24, 2.45) is 0 Å². The molecule has 0 bridgehead atoms. The third-order valence-corrected chi connectivity index (χ3v) is 4.56. The number of hydrogen-bond donors (Lipinski definition) is 1. The Hall–Kier alpha value is -2.11. The summed E-state index contributed by atoms with van der Waals surface area (Å²) in [4.78, 5) is 15.3. The molecule has 2 rings (SSSR count). The van der Waals surface area contributed by atoms with Crippen LogP contribution in [-0.2, 0) is 11.3 Å². The second kappa shape index (κ2) is 9.25. The van der Waals surface area contributed by atoms with E-state index >= 15 is 0 Å². The summed E-state index contributed by atoms with van der Waals surface area (Å²) in [6.07, 6.45) is 1.72. The maximum absolute atomic E-state index is 12.1. The van der Waals surface area contributed by atoms with Crippen LogP contribution >= 0.6 is 11.3 Å². The lowest BCUT2D eigenvalue weighted by molar-refractivity contribution is -0.122. The number of rotatable bonds is 9. The van der Waals surface area contributed by atoms with Crippen molar-refractivity contribution in [3.8, 4) is 5.75 Å². The highest BCUT2D eigenvalue weighted by Gasteiger charge is 2.12. The van der Waals surface area contributed by atoms with Crippen molar-refractivity contribution in [1.29, 1.82) is 0 Å². The van der Waals surface area contributed by atoms with Crippen LogP contribution in [0.2, 0.25) is 0 Å². The molecule has 0 fully saturated rings. The van der Waals surface area contributed by atoms with Crippen LogP contribution in [-0.4, -0.2) is 31.0 Å². The monoisotopic (exact) mass is 344 g/mol. The number of hydrogen-bond acceptors (Lipinski definition) is 4. The molecule has 1 aromatic heterocycles. The van der Waals surface area contributed by atoms with E-state index in [1.54, 1.807) is 17.4 Å². The fraction of sp³-hybridized carbons (Fsp3) is 0.316. The zero-order chi connectivity index (χ0) is 17.4. The van der Waals surface area contributed by atoms with Gasteiger partial charge in [-0.05, 0) is 43.1 Å². The second-order valence-electron chi connectivity index (χ2n) is 5.72. The molecule has 4 nitrogen and oxygen atoms in total. The summed E-state index contributed by atoms with van der Waals surface area (Å²) < 4.78 is 5.46. The van der Waals surface area contributed by atoms with Crippen molar-refractivity contribution in [3.63, 3.8) is 0 Å². The van der Waals surface area contributed by atoms with E-state index in [0.29, 0.717) is 19.7 Å². The van der Waals surface area contributed by atoms with Gasteiger partial charge in [0, 0.05) is 11.4 Å². The van der Waals surface area contributed by atoms with Crippen molar-refractivity contribution >= 4 is 17.2 Å². The quantitative estimate of drug-likeness (QED) is 0.707. The Morgan fingerprint density at radius 2 is 2.12 bits per heavy atom. The van der Waals surface area contributed by atoms with Gasteiger partial charge in [0.2, 0.25) is 5.91 Å². The zero-order valence-corrected chi connectivity index (χ0v) is 15.0. The minimum Gasteiger partial charge on any atom is -0.490 e. The maximum Gasteiger partial charge on any atom is 0.234 e. The Bertz CT molecular complexity index is 638. The van der Waals surface area contributed by atoms with Gasteiger partial charge in [0.15, 0.2) is 0 Å².